The van der Waals surface area contributed by atoms with Crippen molar-refractivity contribution in [3.63, 3.8) is 0 Å². The van der Waals surface area contributed by atoms with Crippen LogP contribution in [0.1, 0.15) is 24.0 Å². The molecule has 0 aromatic heterocycles. The number of carbonyl (C=O) groups is 3. The predicted octanol–water partition coefficient (Wildman–Crippen LogP) is 3.00. The number of hydrogen-bond donors (Lipinski definition) is 1. The Hall–Kier alpha value is -3.06. The minimum absolute atomic E-state index is 0.0809. The van der Waals surface area contributed by atoms with Crippen molar-refractivity contribution in [2.75, 3.05) is 20.2 Å². The number of rotatable bonds is 5. The summed E-state index contributed by atoms with van der Waals surface area (Å²) in [5, 5.41) is 3.41. The van der Waals surface area contributed by atoms with Gasteiger partial charge in [0.25, 0.3) is 5.91 Å². The topological polar surface area (TPSA) is 79.0 Å². The van der Waals surface area contributed by atoms with E-state index in [9.17, 15) is 14.4 Å². The minimum Gasteiger partial charge on any atom is -0.497 e. The van der Waals surface area contributed by atoms with Gasteiger partial charge in [-0.25, -0.2) is 4.79 Å². The highest BCUT2D eigenvalue weighted by Crippen LogP contribution is 2.30. The van der Waals surface area contributed by atoms with E-state index in [2.05, 4.69) is 5.32 Å². The van der Waals surface area contributed by atoms with Crippen molar-refractivity contribution in [2.24, 2.45) is 0 Å². The number of nitrogens with zero attached hydrogens (tertiary/aromatic N) is 2. The summed E-state index contributed by atoms with van der Waals surface area (Å²) in [4.78, 5) is 41.7. The first-order valence-corrected chi connectivity index (χ1v) is 10.6. The second kappa shape index (κ2) is 8.59. The van der Waals surface area contributed by atoms with Gasteiger partial charge in [0.05, 0.1) is 26.6 Å². The molecule has 0 radical (unpaired) electrons. The van der Waals surface area contributed by atoms with E-state index in [-0.39, 0.29) is 31.3 Å². The van der Waals surface area contributed by atoms with Gasteiger partial charge in [-0.05, 0) is 48.2 Å². The van der Waals surface area contributed by atoms with E-state index >= 15 is 0 Å². The summed E-state index contributed by atoms with van der Waals surface area (Å²) in [6.45, 7) is 0.874. The molecule has 8 heteroatoms. The zero-order chi connectivity index (χ0) is 22.0. The van der Waals surface area contributed by atoms with E-state index < -0.39 is 11.6 Å². The quantitative estimate of drug-likeness (QED) is 0.723. The molecule has 2 aromatic carbocycles. The van der Waals surface area contributed by atoms with E-state index in [1.165, 1.54) is 4.90 Å². The summed E-state index contributed by atoms with van der Waals surface area (Å²) >= 11 is 6.03. The Kier molecular flexibility index (Phi) is 5.87. The Morgan fingerprint density at radius 2 is 1.94 bits per heavy atom. The highest BCUT2D eigenvalue weighted by atomic mass is 35.5. The second-order valence-corrected chi connectivity index (χ2v) is 8.42. The van der Waals surface area contributed by atoms with Crippen LogP contribution in [0.3, 0.4) is 0 Å². The summed E-state index contributed by atoms with van der Waals surface area (Å²) in [6, 6.07) is 14.0. The van der Waals surface area contributed by atoms with Crippen LogP contribution in [-0.4, -0.2) is 53.4 Å². The van der Waals surface area contributed by atoms with Crippen LogP contribution in [-0.2, 0) is 22.6 Å². The lowest BCUT2D eigenvalue weighted by Gasteiger charge is -2.38. The Bertz CT molecular complexity index is 1030. The zero-order valence-corrected chi connectivity index (χ0v) is 18.0. The lowest BCUT2D eigenvalue weighted by Crippen LogP contribution is -2.59. The van der Waals surface area contributed by atoms with Crippen LogP contribution >= 0.6 is 11.6 Å². The third-order valence-corrected chi connectivity index (χ3v) is 6.05. The summed E-state index contributed by atoms with van der Waals surface area (Å²) < 4.78 is 5.22. The van der Waals surface area contributed by atoms with Crippen LogP contribution in [0.15, 0.2) is 48.5 Å². The molecule has 7 nitrogen and oxygen atoms in total. The molecule has 0 saturated carbocycles. The van der Waals surface area contributed by atoms with Gasteiger partial charge in [0.2, 0.25) is 5.91 Å². The fourth-order valence-electron chi connectivity index (χ4n) is 4.25. The van der Waals surface area contributed by atoms with Gasteiger partial charge in [0, 0.05) is 11.6 Å². The number of likely N-dealkylation sites (tertiary alicyclic amines) is 1. The molecule has 2 aliphatic heterocycles. The van der Waals surface area contributed by atoms with Crippen molar-refractivity contribution in [2.45, 2.75) is 31.3 Å². The molecule has 0 unspecified atom stereocenters. The molecule has 2 fully saturated rings. The number of halogens is 1. The maximum Gasteiger partial charge on any atom is 0.325 e. The second-order valence-electron chi connectivity index (χ2n) is 7.98. The number of hydrogen-bond acceptors (Lipinski definition) is 4. The van der Waals surface area contributed by atoms with Gasteiger partial charge < -0.3 is 15.0 Å². The molecule has 4 amide bonds. The van der Waals surface area contributed by atoms with Gasteiger partial charge in [-0.15, -0.1) is 0 Å². The highest BCUT2D eigenvalue weighted by molar-refractivity contribution is 6.30. The molecule has 0 bridgehead atoms. The molecule has 2 saturated heterocycles. The standard InChI is InChI=1S/C23H24ClN3O4/c1-31-19-8-3-5-16(12-19)13-20(28)26-10-4-9-23(15-26)21(29)27(22(30)25-23)14-17-6-2-7-18(24)11-17/h2-3,5-8,11-12H,4,9-10,13-15H2,1H3,(H,25,30)/t23-/m1/s1. The van der Waals surface area contributed by atoms with Crippen molar-refractivity contribution in [3.05, 3.63) is 64.7 Å². The third kappa shape index (κ3) is 4.37. The predicted molar refractivity (Wildman–Crippen MR) is 116 cm³/mol. The number of amides is 4. The zero-order valence-electron chi connectivity index (χ0n) is 17.3. The van der Waals surface area contributed by atoms with Crippen LogP contribution in [0.25, 0.3) is 0 Å². The average Bonchev–Trinajstić information content (AvgIpc) is 2.97. The van der Waals surface area contributed by atoms with Crippen molar-refractivity contribution in [1.82, 2.24) is 15.1 Å². The number of nitrogens with one attached hydrogen (secondary N) is 1. The number of benzene rings is 2. The molecule has 2 heterocycles. The Balaban J connectivity index is 1.47. The molecule has 2 aliphatic rings. The Labute approximate surface area is 185 Å². The molecule has 31 heavy (non-hydrogen) atoms. The van der Waals surface area contributed by atoms with Crippen molar-refractivity contribution < 1.29 is 19.1 Å². The Morgan fingerprint density at radius 1 is 1.16 bits per heavy atom. The number of ether oxygens (including phenoxy) is 1. The van der Waals surface area contributed by atoms with Crippen molar-refractivity contribution in [3.8, 4) is 5.75 Å². The van der Waals surface area contributed by atoms with Crippen molar-refractivity contribution in [1.29, 1.82) is 0 Å². The number of imide groups is 1. The van der Waals surface area contributed by atoms with E-state index in [0.717, 1.165) is 11.1 Å². The molecule has 4 rings (SSSR count). The lowest BCUT2D eigenvalue weighted by atomic mass is 9.88. The summed E-state index contributed by atoms with van der Waals surface area (Å²) in [7, 11) is 1.58. The molecule has 162 valence electrons. The van der Waals surface area contributed by atoms with Gasteiger partial charge in [-0.2, -0.15) is 0 Å². The van der Waals surface area contributed by atoms with Gasteiger partial charge in [-0.3, -0.25) is 14.5 Å². The average molecular weight is 442 g/mol. The van der Waals surface area contributed by atoms with Crippen LogP contribution < -0.4 is 10.1 Å². The summed E-state index contributed by atoms with van der Waals surface area (Å²) in [6.07, 6.45) is 1.36. The maximum atomic E-state index is 13.2. The third-order valence-electron chi connectivity index (χ3n) is 5.81. The van der Waals surface area contributed by atoms with Crippen molar-refractivity contribution >= 4 is 29.4 Å². The first-order valence-electron chi connectivity index (χ1n) is 10.2. The van der Waals surface area contributed by atoms with Gasteiger partial charge >= 0.3 is 6.03 Å². The largest absolute Gasteiger partial charge is 0.497 e. The van der Waals surface area contributed by atoms with Crippen LogP contribution in [0.4, 0.5) is 4.79 Å². The van der Waals surface area contributed by atoms with Crippen LogP contribution in [0, 0.1) is 0 Å². The van der Waals surface area contributed by atoms with Gasteiger partial charge in [0.1, 0.15) is 11.3 Å². The monoisotopic (exact) mass is 441 g/mol. The molecule has 2 aromatic rings. The fraction of sp³-hybridized carbons (Fsp3) is 0.348. The highest BCUT2D eigenvalue weighted by Gasteiger charge is 2.53. The SMILES string of the molecule is COc1cccc(CC(=O)N2CCC[C@]3(C2)NC(=O)N(Cc2cccc(Cl)c2)C3=O)c1. The minimum atomic E-state index is -1.07. The van der Waals surface area contributed by atoms with E-state index in [1.54, 1.807) is 30.2 Å². The summed E-state index contributed by atoms with van der Waals surface area (Å²) in [5.41, 5.74) is 0.543. The van der Waals surface area contributed by atoms with E-state index in [1.807, 2.05) is 30.3 Å². The first kappa shape index (κ1) is 21.2. The normalized spacial score (nSPS) is 20.8. The van der Waals surface area contributed by atoms with Crippen LogP contribution in [0.2, 0.25) is 5.02 Å². The molecule has 1 spiro atoms. The number of carbonyl (C=O) groups excluding carboxylic acids is 3. The molecule has 1 atom stereocenters. The fourth-order valence-corrected chi connectivity index (χ4v) is 4.46. The van der Waals surface area contributed by atoms with Gasteiger partial charge in [-0.1, -0.05) is 35.9 Å². The molecular formula is C23H24ClN3O4. The maximum absolute atomic E-state index is 13.2. The summed E-state index contributed by atoms with van der Waals surface area (Å²) in [5.74, 6) is 0.314. The first-order chi connectivity index (χ1) is 14.9. The number of piperidine rings is 1. The van der Waals surface area contributed by atoms with Crippen LogP contribution in [0.5, 0.6) is 5.75 Å². The van der Waals surface area contributed by atoms with E-state index in [4.69, 9.17) is 16.3 Å². The molecule has 0 aliphatic carbocycles. The number of urea groups is 1. The number of methoxy groups -OCH3 is 1. The van der Waals surface area contributed by atoms with Gasteiger partial charge in [0.15, 0.2) is 0 Å². The van der Waals surface area contributed by atoms with E-state index in [0.29, 0.717) is 30.2 Å². The smallest absolute Gasteiger partial charge is 0.325 e. The lowest BCUT2D eigenvalue weighted by molar-refractivity contribution is -0.138. The Morgan fingerprint density at radius 3 is 2.71 bits per heavy atom. The molecular weight excluding hydrogens is 418 g/mol. The molecule has 1 N–H and O–H groups in total.